The normalized spacial score (nSPS) is 10.6. The molecule has 154 valence electrons. The monoisotopic (exact) mass is 414 g/mol. The maximum absolute atomic E-state index is 5.95. The van der Waals surface area contributed by atoms with E-state index in [0.29, 0.717) is 6.61 Å². The number of rotatable bonds is 6. The number of nitrogens with zero attached hydrogens (tertiary/aromatic N) is 2. The van der Waals surface area contributed by atoms with Gasteiger partial charge in [-0.1, -0.05) is 78.9 Å². The molecule has 0 radical (unpaired) electrons. The van der Waals surface area contributed by atoms with Gasteiger partial charge in [0.2, 0.25) is 0 Å². The van der Waals surface area contributed by atoms with Crippen LogP contribution < -0.4 is 4.74 Å². The largest absolute Gasteiger partial charge is 0.489 e. The van der Waals surface area contributed by atoms with E-state index in [-0.39, 0.29) is 0 Å². The molecule has 0 aliphatic heterocycles. The highest BCUT2D eigenvalue weighted by atomic mass is 16.5. The summed E-state index contributed by atoms with van der Waals surface area (Å²) in [5.74, 6) is 0.847. The molecular formula is C29H22N2O. The second-order valence-corrected chi connectivity index (χ2v) is 7.51. The van der Waals surface area contributed by atoms with E-state index in [1.165, 1.54) is 0 Å². The lowest BCUT2D eigenvalue weighted by Gasteiger charge is -2.11. The van der Waals surface area contributed by atoms with Gasteiger partial charge in [0.05, 0.1) is 17.1 Å². The summed E-state index contributed by atoms with van der Waals surface area (Å²) >= 11 is 0. The van der Waals surface area contributed by atoms with E-state index < -0.39 is 0 Å². The number of ether oxygens (including phenoxy) is 1. The van der Waals surface area contributed by atoms with Crippen LogP contribution in [-0.4, -0.2) is 9.97 Å². The molecule has 32 heavy (non-hydrogen) atoms. The molecule has 2 aromatic heterocycles. The molecule has 0 atom stereocenters. The summed E-state index contributed by atoms with van der Waals surface area (Å²) in [7, 11) is 0. The van der Waals surface area contributed by atoms with Crippen molar-refractivity contribution in [3.8, 4) is 39.5 Å². The maximum atomic E-state index is 5.95. The summed E-state index contributed by atoms with van der Waals surface area (Å²) in [6.07, 6.45) is 1.80. The highest BCUT2D eigenvalue weighted by molar-refractivity contribution is 5.75. The Morgan fingerprint density at radius 1 is 0.531 bits per heavy atom. The molecule has 0 unspecified atom stereocenters. The first-order valence-corrected chi connectivity index (χ1v) is 10.6. The molecule has 5 aromatic rings. The predicted molar refractivity (Wildman–Crippen MR) is 129 cm³/mol. The fourth-order valence-corrected chi connectivity index (χ4v) is 3.58. The zero-order chi connectivity index (χ0) is 21.6. The minimum Gasteiger partial charge on any atom is -0.489 e. The first kappa shape index (κ1) is 19.7. The molecule has 0 fully saturated rings. The lowest BCUT2D eigenvalue weighted by Crippen LogP contribution is -1.95. The lowest BCUT2D eigenvalue weighted by atomic mass is 10.0. The summed E-state index contributed by atoms with van der Waals surface area (Å²) in [4.78, 5) is 9.40. The van der Waals surface area contributed by atoms with Crippen LogP contribution in [0.25, 0.3) is 33.8 Å². The average molecular weight is 415 g/mol. The fourth-order valence-electron chi connectivity index (χ4n) is 3.58. The molecule has 5 rings (SSSR count). The van der Waals surface area contributed by atoms with Crippen LogP contribution in [0, 0.1) is 0 Å². The van der Waals surface area contributed by atoms with Gasteiger partial charge in [-0.2, -0.15) is 0 Å². The Morgan fingerprint density at radius 2 is 1.22 bits per heavy atom. The SMILES string of the molecule is c1ccc(COc2ccc(-c3cc(-c4ccccc4)nc(-c4ccccn4)c3)cc2)cc1. The van der Waals surface area contributed by atoms with E-state index in [0.717, 1.165) is 45.1 Å². The summed E-state index contributed by atoms with van der Waals surface area (Å²) in [6.45, 7) is 0.553. The van der Waals surface area contributed by atoms with Crippen molar-refractivity contribution in [3.05, 3.63) is 127 Å². The maximum Gasteiger partial charge on any atom is 0.119 e. The van der Waals surface area contributed by atoms with Crippen LogP contribution in [0.5, 0.6) is 5.75 Å². The molecule has 0 saturated carbocycles. The Balaban J connectivity index is 1.47. The van der Waals surface area contributed by atoms with Crippen molar-refractivity contribution in [2.24, 2.45) is 0 Å². The van der Waals surface area contributed by atoms with Gasteiger partial charge in [-0.05, 0) is 53.1 Å². The van der Waals surface area contributed by atoms with Gasteiger partial charge in [-0.25, -0.2) is 4.98 Å². The third-order valence-electron chi connectivity index (χ3n) is 5.26. The average Bonchev–Trinajstić information content (AvgIpc) is 2.89. The quantitative estimate of drug-likeness (QED) is 0.298. The Labute approximate surface area is 188 Å². The predicted octanol–water partition coefficient (Wildman–Crippen LogP) is 7.06. The third-order valence-corrected chi connectivity index (χ3v) is 5.26. The van der Waals surface area contributed by atoms with Crippen LogP contribution in [0.2, 0.25) is 0 Å². The van der Waals surface area contributed by atoms with Gasteiger partial charge < -0.3 is 4.74 Å². The second kappa shape index (κ2) is 9.27. The van der Waals surface area contributed by atoms with Gasteiger partial charge in [-0.3, -0.25) is 4.98 Å². The van der Waals surface area contributed by atoms with Crippen LogP contribution in [0.4, 0.5) is 0 Å². The lowest BCUT2D eigenvalue weighted by molar-refractivity contribution is 0.306. The third kappa shape index (κ3) is 4.57. The molecule has 3 nitrogen and oxygen atoms in total. The molecule has 3 aromatic carbocycles. The number of benzene rings is 3. The van der Waals surface area contributed by atoms with Crippen LogP contribution in [0.1, 0.15) is 5.56 Å². The van der Waals surface area contributed by atoms with Crippen LogP contribution in [0.15, 0.2) is 121 Å². The molecule has 3 heteroatoms. The van der Waals surface area contributed by atoms with Crippen LogP contribution >= 0.6 is 0 Å². The fraction of sp³-hybridized carbons (Fsp3) is 0.0345. The van der Waals surface area contributed by atoms with Gasteiger partial charge in [-0.15, -0.1) is 0 Å². The topological polar surface area (TPSA) is 35.0 Å². The van der Waals surface area contributed by atoms with Crippen molar-refractivity contribution in [1.82, 2.24) is 9.97 Å². The zero-order valence-electron chi connectivity index (χ0n) is 17.6. The van der Waals surface area contributed by atoms with Crippen molar-refractivity contribution in [2.75, 3.05) is 0 Å². The molecule has 0 bridgehead atoms. The second-order valence-electron chi connectivity index (χ2n) is 7.51. The molecule has 2 heterocycles. The molecule has 0 amide bonds. The van der Waals surface area contributed by atoms with E-state index in [2.05, 4.69) is 53.5 Å². The van der Waals surface area contributed by atoms with Gasteiger partial charge in [0, 0.05) is 11.8 Å². The smallest absolute Gasteiger partial charge is 0.119 e. The van der Waals surface area contributed by atoms with Gasteiger partial charge in [0.25, 0.3) is 0 Å². The van der Waals surface area contributed by atoms with E-state index in [9.17, 15) is 0 Å². The van der Waals surface area contributed by atoms with Crippen molar-refractivity contribution < 1.29 is 4.74 Å². The summed E-state index contributed by atoms with van der Waals surface area (Å²) in [6, 6.07) is 38.7. The minimum absolute atomic E-state index is 0.553. The summed E-state index contributed by atoms with van der Waals surface area (Å²) < 4.78 is 5.95. The first-order chi connectivity index (χ1) is 15.8. The molecular weight excluding hydrogens is 392 g/mol. The molecule has 0 N–H and O–H groups in total. The number of pyridine rings is 2. The van der Waals surface area contributed by atoms with Crippen molar-refractivity contribution in [3.63, 3.8) is 0 Å². The van der Waals surface area contributed by atoms with E-state index >= 15 is 0 Å². The van der Waals surface area contributed by atoms with Crippen LogP contribution in [-0.2, 0) is 6.61 Å². The summed E-state index contributed by atoms with van der Waals surface area (Å²) in [5, 5.41) is 0. The zero-order valence-corrected chi connectivity index (χ0v) is 17.6. The van der Waals surface area contributed by atoms with Gasteiger partial charge >= 0.3 is 0 Å². The Kier molecular flexibility index (Phi) is 5.71. The minimum atomic E-state index is 0.553. The highest BCUT2D eigenvalue weighted by Gasteiger charge is 2.10. The van der Waals surface area contributed by atoms with Gasteiger partial charge in [0.15, 0.2) is 0 Å². The Bertz CT molecular complexity index is 1230. The standard InChI is InChI=1S/C29H22N2O/c1-3-9-22(10-4-1)21-32-26-16-14-23(15-17-26)25-19-28(24-11-5-2-6-12-24)31-29(20-25)27-13-7-8-18-30-27/h1-20H,21H2. The van der Waals surface area contributed by atoms with Crippen LogP contribution in [0.3, 0.4) is 0 Å². The molecule has 0 spiro atoms. The summed E-state index contributed by atoms with van der Waals surface area (Å²) in [5.41, 5.74) is 7.06. The van der Waals surface area contributed by atoms with E-state index in [1.54, 1.807) is 6.20 Å². The number of aromatic nitrogens is 2. The highest BCUT2D eigenvalue weighted by Crippen LogP contribution is 2.30. The first-order valence-electron chi connectivity index (χ1n) is 10.6. The molecule has 0 aliphatic carbocycles. The molecule has 0 aliphatic rings. The molecule has 0 saturated heterocycles. The van der Waals surface area contributed by atoms with E-state index in [4.69, 9.17) is 9.72 Å². The van der Waals surface area contributed by atoms with Crippen molar-refractivity contribution in [2.45, 2.75) is 6.61 Å². The Morgan fingerprint density at radius 3 is 1.94 bits per heavy atom. The van der Waals surface area contributed by atoms with E-state index in [1.807, 2.05) is 66.7 Å². The van der Waals surface area contributed by atoms with Crippen molar-refractivity contribution >= 4 is 0 Å². The number of hydrogen-bond donors (Lipinski definition) is 0. The van der Waals surface area contributed by atoms with Gasteiger partial charge in [0.1, 0.15) is 12.4 Å². The number of hydrogen-bond acceptors (Lipinski definition) is 3. The van der Waals surface area contributed by atoms with Crippen molar-refractivity contribution in [1.29, 1.82) is 0 Å². The Hall–Kier alpha value is -4.24.